The molecule has 0 unspecified atom stereocenters. The van der Waals surface area contributed by atoms with Gasteiger partial charge in [0.05, 0.1) is 23.8 Å². The number of hydrogen-bond donors (Lipinski definition) is 3. The van der Waals surface area contributed by atoms with Crippen LogP contribution in [0.1, 0.15) is 37.3 Å². The highest BCUT2D eigenvalue weighted by atomic mass is 16.5. The summed E-state index contributed by atoms with van der Waals surface area (Å²) in [6, 6.07) is 11.7. The maximum atomic E-state index is 12.9. The van der Waals surface area contributed by atoms with Gasteiger partial charge in [-0.25, -0.2) is 4.79 Å². The number of ether oxygens (including phenoxy) is 1. The van der Waals surface area contributed by atoms with Crippen molar-refractivity contribution in [2.45, 2.75) is 38.6 Å². The van der Waals surface area contributed by atoms with Crippen molar-refractivity contribution in [3.8, 4) is 5.75 Å². The van der Waals surface area contributed by atoms with Gasteiger partial charge < -0.3 is 25.7 Å². The Hall–Kier alpha value is -3.26. The minimum atomic E-state index is -0.0988. The number of H-pyrrole nitrogens is 1. The number of fused-ring (bicyclic) bond motifs is 1. The lowest BCUT2D eigenvalue weighted by Crippen LogP contribution is -2.31. The number of rotatable bonds is 7. The highest BCUT2D eigenvalue weighted by molar-refractivity contribution is 5.93. The Morgan fingerprint density at radius 1 is 1.24 bits per heavy atom. The third-order valence-electron chi connectivity index (χ3n) is 6.71. The predicted molar refractivity (Wildman–Crippen MR) is 132 cm³/mol. The van der Waals surface area contributed by atoms with Crippen molar-refractivity contribution in [2.24, 2.45) is 11.7 Å². The van der Waals surface area contributed by atoms with Gasteiger partial charge in [-0.3, -0.25) is 9.36 Å². The van der Waals surface area contributed by atoms with Crippen LogP contribution in [0.5, 0.6) is 5.75 Å². The number of hydrogen-bond acceptors (Lipinski definition) is 5. The Bertz CT molecular complexity index is 1190. The highest BCUT2D eigenvalue weighted by Gasteiger charge is 2.29. The molecule has 0 spiro atoms. The first-order chi connectivity index (χ1) is 15.9. The van der Waals surface area contributed by atoms with Crippen LogP contribution in [0.2, 0.25) is 0 Å². The van der Waals surface area contributed by atoms with E-state index in [4.69, 9.17) is 10.5 Å². The van der Waals surface area contributed by atoms with Gasteiger partial charge in [0.2, 0.25) is 5.91 Å². The fraction of sp³-hybridized carbons (Fsp3) is 0.440. The van der Waals surface area contributed by atoms with Gasteiger partial charge in [0.25, 0.3) is 0 Å². The summed E-state index contributed by atoms with van der Waals surface area (Å²) in [6.45, 7) is 3.22. The van der Waals surface area contributed by atoms with Crippen LogP contribution in [-0.4, -0.2) is 42.7 Å². The number of carbonyl (C=O) groups is 1. The molecule has 1 aromatic heterocycles. The van der Waals surface area contributed by atoms with E-state index in [9.17, 15) is 9.59 Å². The number of nitrogens with one attached hydrogen (secondary N) is 2. The van der Waals surface area contributed by atoms with E-state index in [-0.39, 0.29) is 23.6 Å². The second-order valence-corrected chi connectivity index (χ2v) is 8.86. The van der Waals surface area contributed by atoms with E-state index in [1.807, 2.05) is 54.9 Å². The lowest BCUT2D eigenvalue weighted by Gasteiger charge is -2.28. The lowest BCUT2D eigenvalue weighted by molar-refractivity contribution is -0.121. The van der Waals surface area contributed by atoms with E-state index in [1.54, 1.807) is 7.11 Å². The van der Waals surface area contributed by atoms with Crippen molar-refractivity contribution < 1.29 is 9.53 Å². The molecule has 1 fully saturated rings. The SMILES string of the molecule is COc1cc(NC(=O)[C@H]2CC[C@@H](n3c(=O)[nH]c4c(N(C)CCN)cccc43)CC2)ccc1C. The molecule has 8 nitrogen and oxygen atoms in total. The van der Waals surface area contributed by atoms with Crippen molar-refractivity contribution >= 4 is 28.3 Å². The molecule has 0 radical (unpaired) electrons. The van der Waals surface area contributed by atoms with Gasteiger partial charge in [0.15, 0.2) is 0 Å². The number of amides is 1. The van der Waals surface area contributed by atoms with Gasteiger partial charge in [-0.05, 0) is 56.4 Å². The molecule has 0 saturated heterocycles. The molecule has 4 rings (SSSR count). The minimum Gasteiger partial charge on any atom is -0.496 e. The summed E-state index contributed by atoms with van der Waals surface area (Å²) < 4.78 is 7.22. The van der Waals surface area contributed by atoms with Crippen LogP contribution in [0.15, 0.2) is 41.2 Å². The molecule has 1 heterocycles. The van der Waals surface area contributed by atoms with Gasteiger partial charge >= 0.3 is 5.69 Å². The van der Waals surface area contributed by atoms with Gasteiger partial charge in [0.1, 0.15) is 5.75 Å². The zero-order chi connectivity index (χ0) is 23.5. The molecule has 176 valence electrons. The summed E-state index contributed by atoms with van der Waals surface area (Å²) in [5.74, 6) is 0.712. The van der Waals surface area contributed by atoms with E-state index < -0.39 is 0 Å². The summed E-state index contributed by atoms with van der Waals surface area (Å²) in [5, 5.41) is 3.03. The fourth-order valence-electron chi connectivity index (χ4n) is 4.87. The molecule has 0 aliphatic heterocycles. The summed E-state index contributed by atoms with van der Waals surface area (Å²) >= 11 is 0. The quantitative estimate of drug-likeness (QED) is 0.511. The average Bonchev–Trinajstić information content (AvgIpc) is 3.16. The third-order valence-corrected chi connectivity index (χ3v) is 6.71. The number of methoxy groups -OCH3 is 1. The van der Waals surface area contributed by atoms with Gasteiger partial charge in [-0.1, -0.05) is 12.1 Å². The number of carbonyl (C=O) groups excluding carboxylic acids is 1. The van der Waals surface area contributed by atoms with Gasteiger partial charge in [0, 0.05) is 43.9 Å². The van der Waals surface area contributed by atoms with E-state index in [0.717, 1.165) is 59.4 Å². The second kappa shape index (κ2) is 9.70. The molecule has 2 aromatic carbocycles. The molecule has 1 amide bonds. The third kappa shape index (κ3) is 4.61. The number of anilines is 2. The van der Waals surface area contributed by atoms with Crippen LogP contribution in [0.4, 0.5) is 11.4 Å². The van der Waals surface area contributed by atoms with Crippen LogP contribution in [0, 0.1) is 12.8 Å². The molecule has 3 aromatic rings. The van der Waals surface area contributed by atoms with Crippen molar-refractivity contribution in [1.29, 1.82) is 0 Å². The van der Waals surface area contributed by atoms with Crippen LogP contribution in [0.3, 0.4) is 0 Å². The Labute approximate surface area is 193 Å². The monoisotopic (exact) mass is 451 g/mol. The van der Waals surface area contributed by atoms with E-state index in [2.05, 4.69) is 15.2 Å². The van der Waals surface area contributed by atoms with E-state index >= 15 is 0 Å². The number of nitrogens with two attached hydrogens (primary N) is 1. The first-order valence-electron chi connectivity index (χ1n) is 11.5. The number of aryl methyl sites for hydroxylation is 1. The number of imidazole rings is 1. The Morgan fingerprint density at radius 2 is 2.00 bits per heavy atom. The Morgan fingerprint density at radius 3 is 2.70 bits per heavy atom. The smallest absolute Gasteiger partial charge is 0.326 e. The molecule has 33 heavy (non-hydrogen) atoms. The maximum Gasteiger partial charge on any atom is 0.326 e. The molecule has 1 saturated carbocycles. The number of aromatic amines is 1. The van der Waals surface area contributed by atoms with Gasteiger partial charge in [-0.15, -0.1) is 0 Å². The summed E-state index contributed by atoms with van der Waals surface area (Å²) in [4.78, 5) is 30.9. The largest absolute Gasteiger partial charge is 0.496 e. The maximum absolute atomic E-state index is 12.9. The first kappa shape index (κ1) is 22.9. The topological polar surface area (TPSA) is 105 Å². The molecule has 8 heteroatoms. The zero-order valence-electron chi connectivity index (χ0n) is 19.6. The van der Waals surface area contributed by atoms with Crippen LogP contribution >= 0.6 is 0 Å². The van der Waals surface area contributed by atoms with Gasteiger partial charge in [-0.2, -0.15) is 0 Å². The van der Waals surface area contributed by atoms with Crippen molar-refractivity contribution in [3.05, 3.63) is 52.4 Å². The van der Waals surface area contributed by atoms with Crippen LogP contribution < -0.4 is 26.4 Å². The standard InChI is InChI=1S/C25H33N5O3/c1-16-7-10-18(15-22(16)33-3)27-24(31)17-8-11-19(12-9-17)30-21-6-4-5-20(29(2)14-13-26)23(21)28-25(30)32/h4-7,10,15,17,19H,8-9,11-14,26H2,1-3H3,(H,27,31)(H,28,32)/t17-,19+. The molecule has 0 bridgehead atoms. The normalized spacial score (nSPS) is 18.3. The number of benzene rings is 2. The zero-order valence-corrected chi connectivity index (χ0v) is 19.6. The molecular formula is C25H33N5O3. The summed E-state index contributed by atoms with van der Waals surface area (Å²) in [7, 11) is 3.60. The number of para-hydroxylation sites is 1. The molecule has 4 N–H and O–H groups in total. The number of likely N-dealkylation sites (N-methyl/N-ethyl adjacent to an activating group) is 1. The minimum absolute atomic E-state index is 0.0244. The second-order valence-electron chi connectivity index (χ2n) is 8.86. The van der Waals surface area contributed by atoms with E-state index in [0.29, 0.717) is 13.1 Å². The highest BCUT2D eigenvalue weighted by Crippen LogP contribution is 2.35. The van der Waals surface area contributed by atoms with Crippen LogP contribution in [-0.2, 0) is 4.79 Å². The Balaban J connectivity index is 1.47. The average molecular weight is 452 g/mol. The lowest BCUT2D eigenvalue weighted by atomic mass is 9.85. The summed E-state index contributed by atoms with van der Waals surface area (Å²) in [6.07, 6.45) is 3.05. The summed E-state index contributed by atoms with van der Waals surface area (Å²) in [5.41, 5.74) is 10.1. The fourth-order valence-corrected chi connectivity index (χ4v) is 4.87. The Kier molecular flexibility index (Phi) is 6.74. The molecular weight excluding hydrogens is 418 g/mol. The van der Waals surface area contributed by atoms with Crippen molar-refractivity contribution in [3.63, 3.8) is 0 Å². The predicted octanol–water partition coefficient (Wildman–Crippen LogP) is 3.41. The first-order valence-corrected chi connectivity index (χ1v) is 11.5. The van der Waals surface area contributed by atoms with Crippen molar-refractivity contribution in [1.82, 2.24) is 9.55 Å². The molecule has 1 aliphatic rings. The van der Waals surface area contributed by atoms with Crippen LogP contribution in [0.25, 0.3) is 11.0 Å². The number of nitrogens with zero attached hydrogens (tertiary/aromatic N) is 2. The molecule has 1 aliphatic carbocycles. The number of aromatic nitrogens is 2. The van der Waals surface area contributed by atoms with E-state index in [1.165, 1.54) is 0 Å². The van der Waals surface area contributed by atoms with Crippen molar-refractivity contribution in [2.75, 3.05) is 37.5 Å². The molecule has 0 atom stereocenters.